The van der Waals surface area contributed by atoms with Crippen LogP contribution in [0.25, 0.3) is 0 Å². The fourth-order valence-electron chi connectivity index (χ4n) is 2.61. The normalized spacial score (nSPS) is 17.5. The Labute approximate surface area is 117 Å². The third-order valence-electron chi connectivity index (χ3n) is 3.57. The highest BCUT2D eigenvalue weighted by molar-refractivity contribution is 7.99. The Hall–Kier alpha value is -1.07. The Morgan fingerprint density at radius 1 is 1.37 bits per heavy atom. The van der Waals surface area contributed by atoms with Gasteiger partial charge in [0.25, 0.3) is 5.69 Å². The predicted octanol–water partition coefficient (Wildman–Crippen LogP) is 3.63. The number of benzene rings is 1. The SMILES string of the molecule is O=[N+]([O-])c1ccccc1SCC(O)CC1CCCC1. The lowest BCUT2D eigenvalue weighted by Gasteiger charge is -2.14. The minimum atomic E-state index is -0.369. The van der Waals surface area contributed by atoms with E-state index >= 15 is 0 Å². The zero-order chi connectivity index (χ0) is 13.7. The molecule has 0 radical (unpaired) electrons. The molecule has 0 aliphatic heterocycles. The van der Waals surface area contributed by atoms with Crippen LogP contribution in [0.4, 0.5) is 5.69 Å². The number of thioether (sulfide) groups is 1. The first-order valence-electron chi connectivity index (χ1n) is 6.71. The smallest absolute Gasteiger partial charge is 0.282 e. The van der Waals surface area contributed by atoms with Gasteiger partial charge < -0.3 is 5.11 Å². The number of aliphatic hydroxyl groups is 1. The Morgan fingerprint density at radius 3 is 2.74 bits per heavy atom. The van der Waals surface area contributed by atoms with E-state index in [9.17, 15) is 15.2 Å². The maximum atomic E-state index is 10.9. The number of nitrogens with zero attached hydrogens (tertiary/aromatic N) is 1. The zero-order valence-electron chi connectivity index (χ0n) is 10.8. The van der Waals surface area contributed by atoms with Crippen LogP contribution < -0.4 is 0 Å². The van der Waals surface area contributed by atoms with Crippen molar-refractivity contribution in [1.29, 1.82) is 0 Å². The average Bonchev–Trinajstić information content (AvgIpc) is 2.89. The molecule has 1 N–H and O–H groups in total. The van der Waals surface area contributed by atoms with E-state index in [0.717, 1.165) is 6.42 Å². The molecular formula is C14H19NO3S. The largest absolute Gasteiger partial charge is 0.392 e. The van der Waals surface area contributed by atoms with Crippen molar-refractivity contribution >= 4 is 17.4 Å². The van der Waals surface area contributed by atoms with Gasteiger partial charge in [-0.3, -0.25) is 10.1 Å². The average molecular weight is 281 g/mol. The molecule has 2 rings (SSSR count). The van der Waals surface area contributed by atoms with E-state index in [1.54, 1.807) is 18.2 Å². The summed E-state index contributed by atoms with van der Waals surface area (Å²) in [4.78, 5) is 11.1. The molecule has 104 valence electrons. The van der Waals surface area contributed by atoms with Crippen molar-refractivity contribution in [2.75, 3.05) is 5.75 Å². The molecule has 19 heavy (non-hydrogen) atoms. The van der Waals surface area contributed by atoms with Gasteiger partial charge in [0.05, 0.1) is 15.9 Å². The van der Waals surface area contributed by atoms with Crippen molar-refractivity contribution in [3.05, 3.63) is 34.4 Å². The Kier molecular flexibility index (Phi) is 5.22. The van der Waals surface area contributed by atoms with E-state index < -0.39 is 0 Å². The lowest BCUT2D eigenvalue weighted by molar-refractivity contribution is -0.387. The Balaban J connectivity index is 1.85. The van der Waals surface area contributed by atoms with Crippen molar-refractivity contribution in [3.63, 3.8) is 0 Å². The molecule has 0 spiro atoms. The van der Waals surface area contributed by atoms with Crippen LogP contribution in [0.1, 0.15) is 32.1 Å². The van der Waals surface area contributed by atoms with Gasteiger partial charge in [-0.05, 0) is 18.4 Å². The van der Waals surface area contributed by atoms with Crippen LogP contribution in [-0.2, 0) is 0 Å². The van der Waals surface area contributed by atoms with Crippen LogP contribution in [0.15, 0.2) is 29.2 Å². The van der Waals surface area contributed by atoms with E-state index in [4.69, 9.17) is 0 Å². The molecule has 1 aromatic carbocycles. The standard InChI is InChI=1S/C14H19NO3S/c16-12(9-11-5-1-2-6-11)10-19-14-8-4-3-7-13(14)15(17)18/h3-4,7-8,11-12,16H,1-2,5-6,9-10H2. The van der Waals surface area contributed by atoms with Gasteiger partial charge in [0.15, 0.2) is 0 Å². The van der Waals surface area contributed by atoms with E-state index in [1.807, 2.05) is 0 Å². The zero-order valence-corrected chi connectivity index (χ0v) is 11.6. The van der Waals surface area contributed by atoms with E-state index in [1.165, 1.54) is 43.5 Å². The second-order valence-corrected chi connectivity index (χ2v) is 6.14. The molecule has 1 fully saturated rings. The maximum absolute atomic E-state index is 10.9. The van der Waals surface area contributed by atoms with Crippen molar-refractivity contribution in [2.24, 2.45) is 5.92 Å². The molecule has 0 saturated heterocycles. The molecule has 1 unspecified atom stereocenters. The number of para-hydroxylation sites is 1. The van der Waals surface area contributed by atoms with Crippen molar-refractivity contribution in [1.82, 2.24) is 0 Å². The third kappa shape index (κ3) is 4.21. The van der Waals surface area contributed by atoms with E-state index in [2.05, 4.69) is 0 Å². The molecule has 1 aliphatic carbocycles. The van der Waals surface area contributed by atoms with Gasteiger partial charge in [-0.1, -0.05) is 37.8 Å². The molecule has 5 heteroatoms. The summed E-state index contributed by atoms with van der Waals surface area (Å²) >= 11 is 1.38. The molecule has 4 nitrogen and oxygen atoms in total. The monoisotopic (exact) mass is 281 g/mol. The fourth-order valence-corrected chi connectivity index (χ4v) is 3.59. The minimum Gasteiger partial charge on any atom is -0.392 e. The summed E-state index contributed by atoms with van der Waals surface area (Å²) in [6.07, 6.45) is 5.44. The Bertz CT molecular complexity index is 432. The number of hydrogen-bond acceptors (Lipinski definition) is 4. The predicted molar refractivity (Wildman–Crippen MR) is 76.4 cm³/mol. The molecule has 0 bridgehead atoms. The maximum Gasteiger partial charge on any atom is 0.282 e. The summed E-state index contributed by atoms with van der Waals surface area (Å²) < 4.78 is 0. The van der Waals surface area contributed by atoms with Gasteiger partial charge >= 0.3 is 0 Å². The van der Waals surface area contributed by atoms with Crippen LogP contribution >= 0.6 is 11.8 Å². The second kappa shape index (κ2) is 6.91. The quantitative estimate of drug-likeness (QED) is 0.491. The molecule has 1 aliphatic rings. The summed E-state index contributed by atoms with van der Waals surface area (Å²) in [6, 6.07) is 6.70. The van der Waals surface area contributed by atoms with Gasteiger partial charge in [0, 0.05) is 11.8 Å². The molecule has 0 aromatic heterocycles. The van der Waals surface area contributed by atoms with Crippen LogP contribution in [0, 0.1) is 16.0 Å². The third-order valence-corrected chi connectivity index (χ3v) is 4.78. The van der Waals surface area contributed by atoms with Crippen molar-refractivity contribution in [3.8, 4) is 0 Å². The van der Waals surface area contributed by atoms with Crippen LogP contribution in [-0.4, -0.2) is 21.9 Å². The van der Waals surface area contributed by atoms with E-state index in [-0.39, 0.29) is 16.7 Å². The van der Waals surface area contributed by atoms with Crippen LogP contribution in [0.3, 0.4) is 0 Å². The van der Waals surface area contributed by atoms with Gasteiger partial charge in [-0.25, -0.2) is 0 Å². The first-order chi connectivity index (χ1) is 9.16. The number of nitro benzene ring substituents is 1. The number of rotatable bonds is 6. The lowest BCUT2D eigenvalue weighted by Crippen LogP contribution is -2.14. The molecule has 1 aromatic rings. The number of hydrogen-bond donors (Lipinski definition) is 1. The topological polar surface area (TPSA) is 63.4 Å². The highest BCUT2D eigenvalue weighted by Crippen LogP contribution is 2.32. The summed E-state index contributed by atoms with van der Waals surface area (Å²) in [7, 11) is 0. The highest BCUT2D eigenvalue weighted by Gasteiger charge is 2.20. The fraction of sp³-hybridized carbons (Fsp3) is 0.571. The molecule has 1 saturated carbocycles. The minimum absolute atomic E-state index is 0.126. The van der Waals surface area contributed by atoms with Crippen molar-refractivity contribution in [2.45, 2.75) is 43.1 Å². The summed E-state index contributed by atoms with van der Waals surface area (Å²) in [5.41, 5.74) is 0.126. The number of nitro groups is 1. The summed E-state index contributed by atoms with van der Waals surface area (Å²) in [5.74, 6) is 1.17. The summed E-state index contributed by atoms with van der Waals surface area (Å²) in [5, 5.41) is 20.9. The first-order valence-corrected chi connectivity index (χ1v) is 7.69. The molecule has 1 atom stereocenters. The first kappa shape index (κ1) is 14.3. The van der Waals surface area contributed by atoms with Crippen molar-refractivity contribution < 1.29 is 10.0 Å². The van der Waals surface area contributed by atoms with Gasteiger partial charge in [-0.15, -0.1) is 11.8 Å². The van der Waals surface area contributed by atoms with Gasteiger partial charge in [-0.2, -0.15) is 0 Å². The highest BCUT2D eigenvalue weighted by atomic mass is 32.2. The second-order valence-electron chi connectivity index (χ2n) is 5.08. The molecule has 0 amide bonds. The van der Waals surface area contributed by atoms with Crippen LogP contribution in [0.5, 0.6) is 0 Å². The van der Waals surface area contributed by atoms with Gasteiger partial charge in [0.2, 0.25) is 0 Å². The van der Waals surface area contributed by atoms with E-state index in [0.29, 0.717) is 16.6 Å². The molecule has 0 heterocycles. The number of aliphatic hydroxyl groups excluding tert-OH is 1. The Morgan fingerprint density at radius 2 is 2.05 bits per heavy atom. The lowest BCUT2D eigenvalue weighted by atomic mass is 10.0. The summed E-state index contributed by atoms with van der Waals surface area (Å²) in [6.45, 7) is 0. The van der Waals surface area contributed by atoms with Crippen LogP contribution in [0.2, 0.25) is 0 Å². The van der Waals surface area contributed by atoms with Gasteiger partial charge in [0.1, 0.15) is 0 Å². The molecular weight excluding hydrogens is 262 g/mol.